The quantitative estimate of drug-likeness (QED) is 0.699. The number of carbonyl (C=O) groups excluding carboxylic acids is 1. The first-order valence-corrected chi connectivity index (χ1v) is 11.2. The molecule has 1 aromatic carbocycles. The summed E-state index contributed by atoms with van der Waals surface area (Å²) < 4.78 is 12.0. The van der Waals surface area contributed by atoms with Crippen LogP contribution in [0.1, 0.15) is 56.9 Å². The van der Waals surface area contributed by atoms with Crippen LogP contribution in [0.25, 0.3) is 0 Å². The Balaban J connectivity index is 1.56. The smallest absolute Gasteiger partial charge is 0.286 e. The van der Waals surface area contributed by atoms with Gasteiger partial charge in [0.15, 0.2) is 5.76 Å². The summed E-state index contributed by atoms with van der Waals surface area (Å²) in [6.45, 7) is 2.60. The van der Waals surface area contributed by atoms with Crippen LogP contribution in [0.5, 0.6) is 0 Å². The molecule has 1 aromatic rings. The van der Waals surface area contributed by atoms with Gasteiger partial charge >= 0.3 is 0 Å². The number of aliphatic hydroxyl groups excluding tert-OH is 1. The van der Waals surface area contributed by atoms with Crippen LogP contribution < -0.4 is 5.32 Å². The van der Waals surface area contributed by atoms with Crippen molar-refractivity contribution < 1.29 is 19.4 Å². The fraction of sp³-hybridized carbons (Fsp3) is 0.625. The van der Waals surface area contributed by atoms with Gasteiger partial charge in [-0.25, -0.2) is 0 Å². The highest BCUT2D eigenvalue weighted by Crippen LogP contribution is 2.45. The van der Waals surface area contributed by atoms with Gasteiger partial charge in [-0.15, -0.1) is 0 Å². The molecule has 2 fully saturated rings. The van der Waals surface area contributed by atoms with Crippen molar-refractivity contribution in [3.05, 3.63) is 47.7 Å². The third kappa shape index (κ3) is 4.51. The van der Waals surface area contributed by atoms with Gasteiger partial charge < -0.3 is 19.9 Å². The van der Waals surface area contributed by atoms with Crippen molar-refractivity contribution in [3.63, 3.8) is 0 Å². The third-order valence-corrected chi connectivity index (χ3v) is 6.87. The van der Waals surface area contributed by atoms with E-state index >= 15 is 0 Å². The summed E-state index contributed by atoms with van der Waals surface area (Å²) in [6, 6.07) is 10.5. The average Bonchev–Trinajstić information content (AvgIpc) is 3.36. The molecule has 0 aromatic heterocycles. The van der Waals surface area contributed by atoms with Crippen LogP contribution in [0.4, 0.5) is 0 Å². The number of ether oxygens (including phenoxy) is 2. The van der Waals surface area contributed by atoms with E-state index in [9.17, 15) is 9.90 Å². The van der Waals surface area contributed by atoms with Crippen LogP contribution in [0.3, 0.4) is 0 Å². The largest absolute Gasteiger partial charge is 0.459 e. The molecular weight excluding hydrogens is 366 g/mol. The molecule has 4 rings (SSSR count). The lowest BCUT2D eigenvalue weighted by molar-refractivity contribution is -0.167. The number of hydrogen-bond acceptors (Lipinski definition) is 4. The van der Waals surface area contributed by atoms with Gasteiger partial charge in [0.25, 0.3) is 5.91 Å². The highest BCUT2D eigenvalue weighted by Gasteiger charge is 2.42. The third-order valence-electron chi connectivity index (χ3n) is 6.87. The Kier molecular flexibility index (Phi) is 6.56. The van der Waals surface area contributed by atoms with Crippen molar-refractivity contribution in [3.8, 4) is 0 Å². The molecule has 1 aliphatic heterocycles. The van der Waals surface area contributed by atoms with Crippen molar-refractivity contribution in [1.82, 2.24) is 5.32 Å². The Bertz CT molecular complexity index is 719. The zero-order valence-electron chi connectivity index (χ0n) is 17.3. The predicted octanol–water partition coefficient (Wildman–Crippen LogP) is 3.74. The highest BCUT2D eigenvalue weighted by molar-refractivity contribution is 5.92. The minimum absolute atomic E-state index is 0.0221. The molecule has 6 atom stereocenters. The van der Waals surface area contributed by atoms with Crippen molar-refractivity contribution in [1.29, 1.82) is 0 Å². The minimum atomic E-state index is -0.484. The molecule has 5 heteroatoms. The molecule has 5 nitrogen and oxygen atoms in total. The number of aliphatic hydroxyl groups is 1. The summed E-state index contributed by atoms with van der Waals surface area (Å²) in [6.07, 6.45) is 7.83. The molecule has 3 unspecified atom stereocenters. The SMILES string of the molecule is CCO[C@H]1OC(C(=O)NC2CC3CCC2C3)=C[C@@H](c2ccccc2)[C@H]1CCCO. The van der Waals surface area contributed by atoms with Gasteiger partial charge in [-0.2, -0.15) is 0 Å². The van der Waals surface area contributed by atoms with Crippen LogP contribution in [0.2, 0.25) is 0 Å². The van der Waals surface area contributed by atoms with Gasteiger partial charge in [0.05, 0.1) is 0 Å². The summed E-state index contributed by atoms with van der Waals surface area (Å²) in [4.78, 5) is 13.1. The molecule has 158 valence electrons. The normalized spacial score (nSPS) is 33.2. The number of nitrogens with one attached hydrogen (secondary N) is 1. The molecule has 1 amide bonds. The topological polar surface area (TPSA) is 67.8 Å². The summed E-state index contributed by atoms with van der Waals surface area (Å²) >= 11 is 0. The summed E-state index contributed by atoms with van der Waals surface area (Å²) in [7, 11) is 0. The molecule has 29 heavy (non-hydrogen) atoms. The fourth-order valence-corrected chi connectivity index (χ4v) is 5.48. The summed E-state index contributed by atoms with van der Waals surface area (Å²) in [5.74, 6) is 1.74. The fourth-order valence-electron chi connectivity index (χ4n) is 5.48. The predicted molar refractivity (Wildman–Crippen MR) is 111 cm³/mol. The van der Waals surface area contributed by atoms with E-state index in [0.29, 0.717) is 24.7 Å². The van der Waals surface area contributed by atoms with Crippen molar-refractivity contribution in [2.24, 2.45) is 17.8 Å². The molecule has 1 heterocycles. The second kappa shape index (κ2) is 9.31. The van der Waals surface area contributed by atoms with Crippen LogP contribution in [0.15, 0.2) is 42.2 Å². The van der Waals surface area contributed by atoms with Crippen LogP contribution in [0, 0.1) is 17.8 Å². The van der Waals surface area contributed by atoms with Crippen LogP contribution in [-0.2, 0) is 14.3 Å². The Morgan fingerprint density at radius 1 is 1.24 bits per heavy atom. The van der Waals surface area contributed by atoms with Crippen LogP contribution >= 0.6 is 0 Å². The lowest BCUT2D eigenvalue weighted by atomic mass is 9.80. The van der Waals surface area contributed by atoms with Crippen molar-refractivity contribution >= 4 is 5.91 Å². The van der Waals surface area contributed by atoms with Gasteiger partial charge in [0.1, 0.15) is 0 Å². The van der Waals surface area contributed by atoms with Crippen molar-refractivity contribution in [2.75, 3.05) is 13.2 Å². The van der Waals surface area contributed by atoms with Gasteiger partial charge in [0, 0.05) is 31.1 Å². The lowest BCUT2D eigenvalue weighted by Gasteiger charge is -2.37. The summed E-state index contributed by atoms with van der Waals surface area (Å²) in [5.41, 5.74) is 1.15. The minimum Gasteiger partial charge on any atom is -0.459 e. The van der Waals surface area contributed by atoms with E-state index < -0.39 is 6.29 Å². The van der Waals surface area contributed by atoms with Gasteiger partial charge in [-0.3, -0.25) is 4.79 Å². The molecule has 0 spiro atoms. The second-order valence-electron chi connectivity index (χ2n) is 8.69. The van der Waals surface area contributed by atoms with Crippen molar-refractivity contribution in [2.45, 2.75) is 63.7 Å². The van der Waals surface area contributed by atoms with Gasteiger partial charge in [-0.05, 0) is 62.5 Å². The summed E-state index contributed by atoms with van der Waals surface area (Å²) in [5, 5.41) is 12.6. The first kappa shape index (κ1) is 20.4. The number of amides is 1. The maximum Gasteiger partial charge on any atom is 0.286 e. The molecule has 3 aliphatic rings. The molecule has 0 saturated heterocycles. The molecule has 2 bridgehead atoms. The zero-order chi connectivity index (χ0) is 20.2. The zero-order valence-corrected chi connectivity index (χ0v) is 17.3. The highest BCUT2D eigenvalue weighted by atomic mass is 16.7. The number of allylic oxidation sites excluding steroid dienone is 1. The lowest BCUT2D eigenvalue weighted by Crippen LogP contribution is -2.43. The second-order valence-corrected chi connectivity index (χ2v) is 8.69. The Morgan fingerprint density at radius 3 is 2.72 bits per heavy atom. The Morgan fingerprint density at radius 2 is 2.07 bits per heavy atom. The number of rotatable bonds is 8. The number of carbonyl (C=O) groups is 1. The maximum atomic E-state index is 13.1. The van der Waals surface area contributed by atoms with E-state index in [2.05, 4.69) is 17.4 Å². The first-order valence-electron chi connectivity index (χ1n) is 11.2. The number of hydrogen-bond donors (Lipinski definition) is 2. The average molecular weight is 400 g/mol. The Hall–Kier alpha value is -1.85. The van der Waals surface area contributed by atoms with Gasteiger partial charge in [0.2, 0.25) is 6.29 Å². The maximum absolute atomic E-state index is 13.1. The van der Waals surface area contributed by atoms with E-state index in [1.165, 1.54) is 19.3 Å². The standard InChI is InChI=1S/C24H33NO4/c1-2-28-24-19(9-6-12-26)20(17-7-4-3-5-8-17)15-22(29-24)23(27)25-21-14-16-10-11-18(21)13-16/h3-5,7-8,15-16,18-21,24,26H,2,6,9-14H2,1H3,(H,25,27)/t16?,18?,19-,20+,21?,24+/m1/s1. The van der Waals surface area contributed by atoms with E-state index in [-0.39, 0.29) is 30.4 Å². The Labute approximate surface area is 173 Å². The number of fused-ring (bicyclic) bond motifs is 2. The molecule has 2 saturated carbocycles. The number of benzene rings is 1. The van der Waals surface area contributed by atoms with E-state index in [0.717, 1.165) is 24.3 Å². The molecule has 2 aliphatic carbocycles. The molecular formula is C24H33NO4. The first-order chi connectivity index (χ1) is 14.2. The molecule has 0 radical (unpaired) electrons. The van der Waals surface area contributed by atoms with Crippen LogP contribution in [-0.4, -0.2) is 36.6 Å². The monoisotopic (exact) mass is 399 g/mol. The van der Waals surface area contributed by atoms with E-state index in [1.54, 1.807) is 0 Å². The van der Waals surface area contributed by atoms with E-state index in [4.69, 9.17) is 9.47 Å². The van der Waals surface area contributed by atoms with E-state index in [1.807, 2.05) is 31.2 Å². The van der Waals surface area contributed by atoms with Gasteiger partial charge in [-0.1, -0.05) is 36.8 Å². The molecule has 2 N–H and O–H groups in total.